The monoisotopic (exact) mass is 273 g/mol. The van der Waals surface area contributed by atoms with Crippen LogP contribution in [0.2, 0.25) is 0 Å². The Labute approximate surface area is 121 Å². The van der Waals surface area contributed by atoms with Gasteiger partial charge in [-0.25, -0.2) is 0 Å². The highest BCUT2D eigenvalue weighted by Crippen LogP contribution is 2.20. The molecule has 0 aliphatic rings. The lowest BCUT2D eigenvalue weighted by molar-refractivity contribution is -0.116. The molecular formula is C16H23N3O. The fraction of sp³-hybridized carbons (Fsp3) is 0.500. The third kappa shape index (κ3) is 5.41. The lowest BCUT2D eigenvalue weighted by Crippen LogP contribution is -2.18. The van der Waals surface area contributed by atoms with Crippen LogP contribution in [0.25, 0.3) is 0 Å². The molecule has 3 N–H and O–H groups in total. The Kier molecular flexibility index (Phi) is 6.75. The summed E-state index contributed by atoms with van der Waals surface area (Å²) in [5, 5.41) is 11.6. The van der Waals surface area contributed by atoms with Crippen LogP contribution in [0.5, 0.6) is 0 Å². The largest absolute Gasteiger partial charge is 0.330 e. The summed E-state index contributed by atoms with van der Waals surface area (Å²) in [6.45, 7) is 5.00. The number of carbonyl (C=O) groups is 1. The zero-order valence-corrected chi connectivity index (χ0v) is 12.2. The topological polar surface area (TPSA) is 78.9 Å². The summed E-state index contributed by atoms with van der Waals surface area (Å²) >= 11 is 0. The van der Waals surface area contributed by atoms with Crippen molar-refractivity contribution in [2.45, 2.75) is 33.1 Å². The van der Waals surface area contributed by atoms with Gasteiger partial charge in [-0.1, -0.05) is 13.8 Å². The maximum atomic E-state index is 11.9. The number of hydrogen-bond donors (Lipinski definition) is 2. The summed E-state index contributed by atoms with van der Waals surface area (Å²) in [6, 6.07) is 8.93. The Morgan fingerprint density at radius 3 is 2.45 bits per heavy atom. The Morgan fingerprint density at radius 1 is 1.30 bits per heavy atom. The van der Waals surface area contributed by atoms with Gasteiger partial charge in [-0.05, 0) is 55.5 Å². The van der Waals surface area contributed by atoms with E-state index in [1.807, 2.05) is 6.07 Å². The Hall–Kier alpha value is -1.86. The normalized spacial score (nSPS) is 11.9. The van der Waals surface area contributed by atoms with E-state index in [9.17, 15) is 4.79 Å². The van der Waals surface area contributed by atoms with Crippen LogP contribution < -0.4 is 11.1 Å². The predicted octanol–water partition coefficient (Wildman–Crippen LogP) is 2.90. The first-order valence-electron chi connectivity index (χ1n) is 7.07. The molecule has 0 saturated heterocycles. The van der Waals surface area contributed by atoms with Crippen molar-refractivity contribution >= 4 is 11.6 Å². The molecule has 1 unspecified atom stereocenters. The number of nitrogens with zero attached hydrogens (tertiary/aromatic N) is 1. The summed E-state index contributed by atoms with van der Waals surface area (Å²) in [5.74, 6) is 1.05. The van der Waals surface area contributed by atoms with Crippen LogP contribution in [0.1, 0.15) is 38.7 Å². The number of hydrogen-bond acceptors (Lipinski definition) is 3. The number of rotatable bonds is 7. The molecule has 4 nitrogen and oxygen atoms in total. The van der Waals surface area contributed by atoms with E-state index in [1.54, 1.807) is 24.3 Å². The lowest BCUT2D eigenvalue weighted by Gasteiger charge is -2.19. The van der Waals surface area contributed by atoms with Gasteiger partial charge in [-0.15, -0.1) is 0 Å². The molecular weight excluding hydrogens is 250 g/mol. The van der Waals surface area contributed by atoms with E-state index in [4.69, 9.17) is 11.0 Å². The number of nitriles is 1. The molecule has 0 bridgehead atoms. The van der Waals surface area contributed by atoms with Gasteiger partial charge in [0.05, 0.1) is 11.6 Å². The average Bonchev–Trinajstić information content (AvgIpc) is 2.44. The summed E-state index contributed by atoms with van der Waals surface area (Å²) in [7, 11) is 0. The molecule has 0 spiro atoms. The van der Waals surface area contributed by atoms with Crippen LogP contribution in [-0.4, -0.2) is 12.5 Å². The Bertz CT molecular complexity index is 460. The fourth-order valence-electron chi connectivity index (χ4n) is 2.19. The van der Waals surface area contributed by atoms with Crippen molar-refractivity contribution in [2.75, 3.05) is 11.9 Å². The minimum atomic E-state index is 0.0115. The van der Waals surface area contributed by atoms with Gasteiger partial charge in [0.25, 0.3) is 0 Å². The summed E-state index contributed by atoms with van der Waals surface area (Å²) in [6.07, 6.45) is 2.32. The van der Waals surface area contributed by atoms with E-state index in [0.717, 1.165) is 18.5 Å². The fourth-order valence-corrected chi connectivity index (χ4v) is 2.19. The number of carbonyl (C=O) groups excluding carboxylic acids is 1. The van der Waals surface area contributed by atoms with E-state index in [-0.39, 0.29) is 5.91 Å². The van der Waals surface area contributed by atoms with Gasteiger partial charge in [0.1, 0.15) is 0 Å². The van der Waals surface area contributed by atoms with Gasteiger partial charge in [-0.2, -0.15) is 5.26 Å². The minimum absolute atomic E-state index is 0.0115. The van der Waals surface area contributed by atoms with Crippen LogP contribution in [0.4, 0.5) is 5.69 Å². The molecule has 0 aromatic heterocycles. The van der Waals surface area contributed by atoms with E-state index >= 15 is 0 Å². The third-order valence-electron chi connectivity index (χ3n) is 3.52. The SMILES string of the molecule is CC(C)C(CCN)CCC(=O)Nc1ccc(C#N)cc1. The number of amides is 1. The number of anilines is 1. The van der Waals surface area contributed by atoms with Gasteiger partial charge in [0.2, 0.25) is 5.91 Å². The summed E-state index contributed by atoms with van der Waals surface area (Å²) < 4.78 is 0. The number of nitrogens with one attached hydrogen (secondary N) is 1. The first kappa shape index (κ1) is 16.2. The number of nitrogens with two attached hydrogens (primary N) is 1. The molecule has 0 heterocycles. The second-order valence-electron chi connectivity index (χ2n) is 5.36. The molecule has 0 saturated carbocycles. The maximum Gasteiger partial charge on any atom is 0.224 e. The van der Waals surface area contributed by atoms with Crippen molar-refractivity contribution in [1.29, 1.82) is 5.26 Å². The van der Waals surface area contributed by atoms with Crippen molar-refractivity contribution in [3.63, 3.8) is 0 Å². The lowest BCUT2D eigenvalue weighted by atomic mass is 9.88. The van der Waals surface area contributed by atoms with Crippen LogP contribution in [0.15, 0.2) is 24.3 Å². The molecule has 1 aromatic carbocycles. The molecule has 20 heavy (non-hydrogen) atoms. The summed E-state index contributed by atoms with van der Waals surface area (Å²) in [4.78, 5) is 11.9. The van der Waals surface area contributed by atoms with E-state index in [0.29, 0.717) is 30.4 Å². The van der Waals surface area contributed by atoms with Crippen molar-refractivity contribution in [3.05, 3.63) is 29.8 Å². The van der Waals surface area contributed by atoms with E-state index in [1.165, 1.54) is 0 Å². The second kappa shape index (κ2) is 8.34. The van der Waals surface area contributed by atoms with Crippen LogP contribution >= 0.6 is 0 Å². The van der Waals surface area contributed by atoms with Crippen LogP contribution in [-0.2, 0) is 4.79 Å². The van der Waals surface area contributed by atoms with Crippen LogP contribution in [0, 0.1) is 23.2 Å². The number of benzene rings is 1. The highest BCUT2D eigenvalue weighted by atomic mass is 16.1. The quantitative estimate of drug-likeness (QED) is 0.801. The molecule has 0 radical (unpaired) electrons. The van der Waals surface area contributed by atoms with E-state index < -0.39 is 0 Å². The van der Waals surface area contributed by atoms with Gasteiger partial charge in [-0.3, -0.25) is 4.79 Å². The highest BCUT2D eigenvalue weighted by molar-refractivity contribution is 5.90. The van der Waals surface area contributed by atoms with Gasteiger partial charge < -0.3 is 11.1 Å². The highest BCUT2D eigenvalue weighted by Gasteiger charge is 2.14. The smallest absolute Gasteiger partial charge is 0.224 e. The molecule has 0 aliphatic heterocycles. The van der Waals surface area contributed by atoms with Gasteiger partial charge in [0.15, 0.2) is 0 Å². The molecule has 1 amide bonds. The average molecular weight is 273 g/mol. The second-order valence-corrected chi connectivity index (χ2v) is 5.36. The van der Waals surface area contributed by atoms with Crippen LogP contribution in [0.3, 0.4) is 0 Å². The molecule has 0 fully saturated rings. The molecule has 0 aliphatic carbocycles. The van der Waals surface area contributed by atoms with Gasteiger partial charge >= 0.3 is 0 Å². The first-order chi connectivity index (χ1) is 9.56. The zero-order chi connectivity index (χ0) is 15.0. The third-order valence-corrected chi connectivity index (χ3v) is 3.52. The van der Waals surface area contributed by atoms with Crippen molar-refractivity contribution in [1.82, 2.24) is 0 Å². The zero-order valence-electron chi connectivity index (χ0n) is 12.2. The molecule has 1 atom stereocenters. The van der Waals surface area contributed by atoms with Crippen molar-refractivity contribution in [3.8, 4) is 6.07 Å². The van der Waals surface area contributed by atoms with E-state index in [2.05, 4.69) is 19.2 Å². The Morgan fingerprint density at radius 2 is 1.95 bits per heavy atom. The minimum Gasteiger partial charge on any atom is -0.330 e. The van der Waals surface area contributed by atoms with Crippen molar-refractivity contribution < 1.29 is 4.79 Å². The molecule has 4 heteroatoms. The first-order valence-corrected chi connectivity index (χ1v) is 7.07. The van der Waals surface area contributed by atoms with Gasteiger partial charge in [0, 0.05) is 12.1 Å². The molecule has 1 rings (SSSR count). The standard InChI is InChI=1S/C16H23N3O/c1-12(2)14(9-10-17)5-8-16(20)19-15-6-3-13(11-18)4-7-15/h3-4,6-7,12,14H,5,8-10,17H2,1-2H3,(H,19,20). The summed E-state index contributed by atoms with van der Waals surface area (Å²) in [5.41, 5.74) is 6.92. The molecule has 1 aromatic rings. The maximum absolute atomic E-state index is 11.9. The molecule has 108 valence electrons. The van der Waals surface area contributed by atoms with Crippen molar-refractivity contribution in [2.24, 2.45) is 17.6 Å². The predicted molar refractivity (Wildman–Crippen MR) is 81.0 cm³/mol. The Balaban J connectivity index is 2.44.